The molecule has 4 heteroatoms. The van der Waals surface area contributed by atoms with Crippen LogP contribution >= 0.6 is 0 Å². The van der Waals surface area contributed by atoms with Gasteiger partial charge in [0.15, 0.2) is 17.5 Å². The number of benzene rings is 10. The lowest BCUT2D eigenvalue weighted by Crippen LogP contribution is -2.28. The van der Waals surface area contributed by atoms with Gasteiger partial charge in [-0.1, -0.05) is 205 Å². The average molecular weight is 899 g/mol. The van der Waals surface area contributed by atoms with E-state index in [2.05, 4.69) is 170 Å². The van der Waals surface area contributed by atoms with Crippen molar-refractivity contribution >= 4 is 21.8 Å². The molecule has 0 saturated heterocycles. The summed E-state index contributed by atoms with van der Waals surface area (Å²) in [7, 11) is 0. The Labute approximate surface area is 410 Å². The van der Waals surface area contributed by atoms with E-state index in [1.54, 1.807) is 12.1 Å². The molecule has 12 aromatic rings. The summed E-state index contributed by atoms with van der Waals surface area (Å²) in [6, 6.07) is 82.4. The zero-order chi connectivity index (χ0) is 48.5. The summed E-state index contributed by atoms with van der Waals surface area (Å²) in [5.41, 5.74) is 19.5. The van der Waals surface area contributed by atoms with Gasteiger partial charge >= 0.3 is 0 Å². The molecule has 0 N–H and O–H groups in total. The zero-order valence-corrected chi connectivity index (χ0v) is 38.7. The van der Waals surface area contributed by atoms with Gasteiger partial charge in [0.2, 0.25) is 0 Å². The van der Waals surface area contributed by atoms with Crippen LogP contribution < -0.4 is 0 Å². The molecular weight excluding hydrogens is 849 g/mol. The minimum Gasteiger partial charge on any atom is -0.309 e. The van der Waals surface area contributed by atoms with Crippen molar-refractivity contribution in [1.29, 1.82) is 0 Å². The summed E-state index contributed by atoms with van der Waals surface area (Å²) in [4.78, 5) is 15.1. The molecule has 0 fully saturated rings. The molecule has 13 rings (SSSR count). The van der Waals surface area contributed by atoms with Crippen molar-refractivity contribution in [2.75, 3.05) is 0 Å². The predicted molar refractivity (Wildman–Crippen MR) is 288 cm³/mol. The number of nitrogens with zero attached hydrogens (tertiary/aromatic N) is 4. The van der Waals surface area contributed by atoms with Gasteiger partial charge in [-0.15, -0.1) is 0 Å². The van der Waals surface area contributed by atoms with Crippen LogP contribution in [0.1, 0.15) is 36.1 Å². The fourth-order valence-electron chi connectivity index (χ4n) is 10.8. The van der Waals surface area contributed by atoms with E-state index in [1.807, 2.05) is 66.7 Å². The van der Waals surface area contributed by atoms with Crippen LogP contribution in [-0.2, 0) is 5.41 Å². The van der Waals surface area contributed by atoms with Crippen LogP contribution in [0.25, 0.3) is 95.0 Å². The van der Waals surface area contributed by atoms with Crippen molar-refractivity contribution in [3.8, 4) is 73.2 Å². The first-order valence-electron chi connectivity index (χ1n) is 24.8. The Kier molecular flexibility index (Phi) is 9.29. The normalized spacial score (nSPS) is 12.9. The molecule has 0 atom stereocenters. The molecule has 1 aliphatic carbocycles. The molecule has 0 bridgehead atoms. The van der Waals surface area contributed by atoms with Gasteiger partial charge in [-0.05, 0) is 118 Å². The van der Waals surface area contributed by atoms with E-state index in [1.165, 1.54) is 55.3 Å². The fourth-order valence-corrected chi connectivity index (χ4v) is 10.8. The highest BCUT2D eigenvalue weighted by molar-refractivity contribution is 6.10. The van der Waals surface area contributed by atoms with E-state index in [0.717, 1.165) is 55.7 Å². The molecule has 1 aliphatic rings. The maximum Gasteiger partial charge on any atom is 0.164 e. The second-order valence-corrected chi connectivity index (χ2v) is 18.4. The number of rotatable bonds is 8. The number of hydrogen-bond acceptors (Lipinski definition) is 3. The quantitative estimate of drug-likeness (QED) is 0.153. The van der Waals surface area contributed by atoms with Crippen molar-refractivity contribution in [2.45, 2.75) is 19.3 Å². The summed E-state index contributed by atoms with van der Waals surface area (Å²) in [5, 5.41) is 2.38. The Hall–Kier alpha value is -8.99. The van der Waals surface area contributed by atoms with E-state index in [4.69, 9.17) is 17.7 Å². The second kappa shape index (κ2) is 16.7. The number of hydrogen-bond donors (Lipinski definition) is 0. The summed E-state index contributed by atoms with van der Waals surface area (Å²) >= 11 is 0. The van der Waals surface area contributed by atoms with Gasteiger partial charge in [0.25, 0.3) is 0 Å². The number of aryl methyl sites for hydroxylation is 2. The Morgan fingerprint density at radius 2 is 0.871 bits per heavy atom. The lowest BCUT2D eigenvalue weighted by atomic mass is 9.67. The van der Waals surface area contributed by atoms with Gasteiger partial charge in [-0.25, -0.2) is 15.0 Å². The summed E-state index contributed by atoms with van der Waals surface area (Å²) < 4.78 is 18.5. The van der Waals surface area contributed by atoms with Gasteiger partial charge in [-0.3, -0.25) is 0 Å². The standard InChI is InChI=1S/C66H46N4/c1-43-25-32-52(33-26-43)66(53-34-27-44(2)28-35-53)59-37-30-48(49-31-38-62-58(41-49)56-23-12-13-24-61(56)70(62)54-21-10-5-11-22-54)40-57(59)55-36-29-50(42-60(55)66)47-19-14-20-51(39-47)65-68-63(45-15-6-3-7-16-45)67-64(69-65)46-17-8-4-9-18-46/h3-42H,1-2H3/i3T,5T. The summed E-state index contributed by atoms with van der Waals surface area (Å²) in [5.74, 6) is 1.73. The molecule has 0 amide bonds. The van der Waals surface area contributed by atoms with E-state index >= 15 is 0 Å². The highest BCUT2D eigenvalue weighted by Crippen LogP contribution is 2.57. The smallest absolute Gasteiger partial charge is 0.164 e. The minimum atomic E-state index is -0.619. The average Bonchev–Trinajstić information content (AvgIpc) is 3.91. The molecule has 4 nitrogen and oxygen atoms in total. The maximum absolute atomic E-state index is 8.13. The summed E-state index contributed by atoms with van der Waals surface area (Å²) in [6.07, 6.45) is 0. The Morgan fingerprint density at radius 1 is 0.357 bits per heavy atom. The van der Waals surface area contributed by atoms with Gasteiger partial charge in [0.1, 0.15) is 0 Å². The first-order valence-corrected chi connectivity index (χ1v) is 23.8. The van der Waals surface area contributed by atoms with Gasteiger partial charge in [0, 0.05) is 33.2 Å². The van der Waals surface area contributed by atoms with Gasteiger partial charge in [-0.2, -0.15) is 0 Å². The first-order chi connectivity index (χ1) is 35.3. The third-order valence-electron chi connectivity index (χ3n) is 14.2. The van der Waals surface area contributed by atoms with Gasteiger partial charge < -0.3 is 4.57 Å². The lowest BCUT2D eigenvalue weighted by molar-refractivity contribution is 0.768. The lowest BCUT2D eigenvalue weighted by Gasteiger charge is -2.34. The molecule has 0 unspecified atom stereocenters. The Balaban J connectivity index is 0.984. The molecule has 10 aromatic carbocycles. The SMILES string of the molecule is [3H]c1ccc(-c2nc(-c3ccccc3)nc(-c3cccc(-c4ccc5c(c4)C(c4ccc(C)cc4)(c4ccc(C)cc4)c4ccc(-c6ccc7c(c6)c6ccccc6n7-c6ccc([3H])cc6)cc4-5)c3)n2)cc1. The predicted octanol–water partition coefficient (Wildman–Crippen LogP) is 16.3. The molecule has 2 heterocycles. The highest BCUT2D eigenvalue weighted by Gasteiger charge is 2.46. The number of fused-ring (bicyclic) bond motifs is 6. The van der Waals surface area contributed by atoms with Crippen LogP contribution in [0.2, 0.25) is 0 Å². The molecular formula is C66H46N4. The number of para-hydroxylation sites is 2. The molecule has 0 spiro atoms. The molecule has 2 aromatic heterocycles. The Morgan fingerprint density at radius 3 is 1.57 bits per heavy atom. The van der Waals surface area contributed by atoms with Crippen molar-refractivity contribution in [2.24, 2.45) is 0 Å². The topological polar surface area (TPSA) is 43.6 Å². The second-order valence-electron chi connectivity index (χ2n) is 18.4. The minimum absolute atomic E-state index is 0.433. The van der Waals surface area contributed by atoms with E-state index in [-0.39, 0.29) is 0 Å². The van der Waals surface area contributed by atoms with Crippen molar-refractivity contribution in [3.05, 3.63) is 276 Å². The van der Waals surface area contributed by atoms with E-state index in [0.29, 0.717) is 29.6 Å². The third kappa shape index (κ3) is 6.79. The molecule has 70 heavy (non-hydrogen) atoms. The van der Waals surface area contributed by atoms with E-state index in [9.17, 15) is 0 Å². The van der Waals surface area contributed by atoms with Crippen LogP contribution in [0.4, 0.5) is 0 Å². The van der Waals surface area contributed by atoms with Crippen LogP contribution in [-0.4, -0.2) is 19.5 Å². The molecule has 330 valence electrons. The first kappa shape index (κ1) is 39.0. The van der Waals surface area contributed by atoms with Crippen molar-refractivity contribution in [3.63, 3.8) is 0 Å². The fraction of sp³-hybridized carbons (Fsp3) is 0.0455. The largest absolute Gasteiger partial charge is 0.309 e. The van der Waals surface area contributed by atoms with Crippen molar-refractivity contribution < 1.29 is 2.74 Å². The Bertz CT molecular complexity index is 4000. The van der Waals surface area contributed by atoms with Crippen LogP contribution in [0.5, 0.6) is 0 Å². The summed E-state index contributed by atoms with van der Waals surface area (Å²) in [6.45, 7) is 4.31. The zero-order valence-electron chi connectivity index (χ0n) is 40.7. The third-order valence-corrected chi connectivity index (χ3v) is 14.2. The van der Waals surface area contributed by atoms with Crippen LogP contribution in [0.15, 0.2) is 243 Å². The molecule has 0 radical (unpaired) electrons. The maximum atomic E-state index is 8.13. The molecule has 0 aliphatic heterocycles. The monoisotopic (exact) mass is 898 g/mol. The number of aromatic nitrogens is 4. The highest BCUT2D eigenvalue weighted by atomic mass is 15.0. The molecule has 0 saturated carbocycles. The van der Waals surface area contributed by atoms with Gasteiger partial charge in [0.05, 0.1) is 19.2 Å². The van der Waals surface area contributed by atoms with Crippen LogP contribution in [0.3, 0.4) is 0 Å². The van der Waals surface area contributed by atoms with E-state index < -0.39 is 5.41 Å². The van der Waals surface area contributed by atoms with Crippen molar-refractivity contribution in [1.82, 2.24) is 19.5 Å². The van der Waals surface area contributed by atoms with Crippen LogP contribution in [0, 0.1) is 13.8 Å².